The zero-order valence-electron chi connectivity index (χ0n) is 11.7. The van der Waals surface area contributed by atoms with Crippen molar-refractivity contribution in [2.45, 2.75) is 6.92 Å². The fourth-order valence-corrected chi connectivity index (χ4v) is 2.87. The Morgan fingerprint density at radius 1 is 1.32 bits per heavy atom. The van der Waals surface area contributed by atoms with Crippen molar-refractivity contribution in [1.82, 2.24) is 15.0 Å². The Labute approximate surface area is 129 Å². The number of carbonyl (C=O) groups is 1. The van der Waals surface area contributed by atoms with Crippen LogP contribution >= 0.6 is 11.3 Å². The standard InChI is InChI=1S/C15H12N4O2S/c1-8-9(6-10(13(16)20)14(21)18-8)12-7-22-15(19-12)11-4-2-3-5-17-11/h2-7H,1H3,(H2,16,20)(H,18,21). The lowest BCUT2D eigenvalue weighted by Crippen LogP contribution is -2.24. The minimum Gasteiger partial charge on any atom is -0.365 e. The molecule has 3 aromatic heterocycles. The topological polar surface area (TPSA) is 102 Å². The Hall–Kier alpha value is -2.80. The van der Waals surface area contributed by atoms with Gasteiger partial charge in [0.2, 0.25) is 0 Å². The smallest absolute Gasteiger partial charge is 0.261 e. The van der Waals surface area contributed by atoms with Gasteiger partial charge in [0.15, 0.2) is 0 Å². The molecule has 0 bridgehead atoms. The molecule has 0 saturated heterocycles. The second kappa shape index (κ2) is 5.53. The van der Waals surface area contributed by atoms with Crippen molar-refractivity contribution in [3.05, 3.63) is 57.5 Å². The van der Waals surface area contributed by atoms with E-state index in [2.05, 4.69) is 15.0 Å². The second-order valence-electron chi connectivity index (χ2n) is 4.67. The van der Waals surface area contributed by atoms with E-state index in [9.17, 15) is 9.59 Å². The van der Waals surface area contributed by atoms with Crippen molar-refractivity contribution in [1.29, 1.82) is 0 Å². The molecule has 0 radical (unpaired) electrons. The van der Waals surface area contributed by atoms with Crippen LogP contribution < -0.4 is 11.3 Å². The van der Waals surface area contributed by atoms with Gasteiger partial charge in [0.05, 0.1) is 11.4 Å². The van der Waals surface area contributed by atoms with Gasteiger partial charge in [-0.1, -0.05) is 6.07 Å². The van der Waals surface area contributed by atoms with Gasteiger partial charge >= 0.3 is 0 Å². The molecule has 0 spiro atoms. The number of hydrogen-bond donors (Lipinski definition) is 2. The van der Waals surface area contributed by atoms with Crippen molar-refractivity contribution in [2.24, 2.45) is 5.73 Å². The highest BCUT2D eigenvalue weighted by molar-refractivity contribution is 7.13. The Bertz CT molecular complexity index is 899. The number of H-pyrrole nitrogens is 1. The summed E-state index contributed by atoms with van der Waals surface area (Å²) >= 11 is 1.44. The first-order chi connectivity index (χ1) is 10.6. The molecule has 110 valence electrons. The van der Waals surface area contributed by atoms with Crippen molar-refractivity contribution >= 4 is 17.2 Å². The number of nitrogens with zero attached hydrogens (tertiary/aromatic N) is 2. The third-order valence-corrected chi connectivity index (χ3v) is 4.03. The number of aromatic amines is 1. The zero-order valence-corrected chi connectivity index (χ0v) is 12.5. The molecule has 3 rings (SSSR count). The minimum absolute atomic E-state index is 0.0759. The summed E-state index contributed by atoms with van der Waals surface area (Å²) in [7, 11) is 0. The molecule has 1 amide bonds. The Kier molecular flexibility index (Phi) is 3.56. The van der Waals surface area contributed by atoms with Gasteiger partial charge in [-0.05, 0) is 25.1 Å². The largest absolute Gasteiger partial charge is 0.365 e. The predicted molar refractivity (Wildman–Crippen MR) is 84.7 cm³/mol. The minimum atomic E-state index is -0.761. The first kappa shape index (κ1) is 14.2. The monoisotopic (exact) mass is 312 g/mol. The summed E-state index contributed by atoms with van der Waals surface area (Å²) in [4.78, 5) is 34.4. The number of pyridine rings is 2. The normalized spacial score (nSPS) is 10.6. The number of nitrogens with one attached hydrogen (secondary N) is 1. The summed E-state index contributed by atoms with van der Waals surface area (Å²) in [5.41, 5.74) is 7.40. The fraction of sp³-hybridized carbons (Fsp3) is 0.0667. The maximum Gasteiger partial charge on any atom is 0.261 e. The second-order valence-corrected chi connectivity index (χ2v) is 5.53. The summed E-state index contributed by atoms with van der Waals surface area (Å²) in [6.45, 7) is 1.75. The Morgan fingerprint density at radius 2 is 2.14 bits per heavy atom. The zero-order chi connectivity index (χ0) is 15.7. The fourth-order valence-electron chi connectivity index (χ4n) is 2.08. The van der Waals surface area contributed by atoms with Gasteiger partial charge in [-0.3, -0.25) is 14.6 Å². The molecule has 7 heteroatoms. The number of hydrogen-bond acceptors (Lipinski definition) is 5. The number of amides is 1. The van der Waals surface area contributed by atoms with Crippen LogP contribution in [0.5, 0.6) is 0 Å². The molecular formula is C15H12N4O2S. The molecular weight excluding hydrogens is 300 g/mol. The summed E-state index contributed by atoms with van der Waals surface area (Å²) in [5.74, 6) is -0.761. The van der Waals surface area contributed by atoms with Crippen LogP contribution in [-0.4, -0.2) is 20.9 Å². The maximum absolute atomic E-state index is 11.7. The van der Waals surface area contributed by atoms with Crippen molar-refractivity contribution in [3.8, 4) is 22.0 Å². The number of aryl methyl sites for hydroxylation is 1. The van der Waals surface area contributed by atoms with Gasteiger partial charge in [-0.25, -0.2) is 4.98 Å². The molecule has 0 aliphatic rings. The van der Waals surface area contributed by atoms with E-state index in [0.29, 0.717) is 17.0 Å². The Morgan fingerprint density at radius 3 is 2.82 bits per heavy atom. The van der Waals surface area contributed by atoms with Crippen LogP contribution in [0.1, 0.15) is 16.1 Å². The molecule has 0 aromatic carbocycles. The third-order valence-electron chi connectivity index (χ3n) is 3.17. The molecule has 0 unspecified atom stereocenters. The van der Waals surface area contributed by atoms with Crippen LogP contribution in [0.4, 0.5) is 0 Å². The van der Waals surface area contributed by atoms with Crippen LogP contribution in [0.15, 0.2) is 40.6 Å². The predicted octanol–water partition coefficient (Wildman–Crippen LogP) is 1.97. The quantitative estimate of drug-likeness (QED) is 0.772. The molecule has 6 nitrogen and oxygen atoms in total. The van der Waals surface area contributed by atoms with E-state index in [0.717, 1.165) is 10.7 Å². The summed E-state index contributed by atoms with van der Waals surface area (Å²) in [5, 5.41) is 2.62. The van der Waals surface area contributed by atoms with Crippen LogP contribution in [0.25, 0.3) is 22.0 Å². The van der Waals surface area contributed by atoms with E-state index in [4.69, 9.17) is 5.73 Å². The Balaban J connectivity index is 2.09. The highest BCUT2D eigenvalue weighted by Crippen LogP contribution is 2.28. The summed E-state index contributed by atoms with van der Waals surface area (Å²) < 4.78 is 0. The number of carbonyl (C=O) groups excluding carboxylic acids is 1. The number of nitrogens with two attached hydrogens (primary N) is 1. The molecule has 3 aromatic rings. The number of rotatable bonds is 3. The van der Waals surface area contributed by atoms with E-state index in [1.165, 1.54) is 17.4 Å². The van der Waals surface area contributed by atoms with E-state index in [1.54, 1.807) is 13.1 Å². The van der Waals surface area contributed by atoms with E-state index in [-0.39, 0.29) is 5.56 Å². The first-order valence-corrected chi connectivity index (χ1v) is 7.35. The summed E-state index contributed by atoms with van der Waals surface area (Å²) in [6.07, 6.45) is 1.70. The maximum atomic E-state index is 11.7. The van der Waals surface area contributed by atoms with E-state index in [1.807, 2.05) is 23.6 Å². The highest BCUT2D eigenvalue weighted by Gasteiger charge is 2.14. The molecule has 22 heavy (non-hydrogen) atoms. The van der Waals surface area contributed by atoms with Gasteiger partial charge in [-0.15, -0.1) is 11.3 Å². The van der Waals surface area contributed by atoms with Crippen molar-refractivity contribution < 1.29 is 4.79 Å². The average Bonchev–Trinajstić information content (AvgIpc) is 2.97. The van der Waals surface area contributed by atoms with Gasteiger partial charge in [0.1, 0.15) is 10.6 Å². The van der Waals surface area contributed by atoms with Crippen molar-refractivity contribution in [2.75, 3.05) is 0 Å². The van der Waals surface area contributed by atoms with Crippen molar-refractivity contribution in [3.63, 3.8) is 0 Å². The highest BCUT2D eigenvalue weighted by atomic mass is 32.1. The number of thiazole rings is 1. The molecule has 0 saturated carbocycles. The van der Waals surface area contributed by atoms with Crippen LogP contribution in [0.3, 0.4) is 0 Å². The third kappa shape index (κ3) is 2.53. The molecule has 0 aliphatic heterocycles. The molecule has 0 aliphatic carbocycles. The van der Waals surface area contributed by atoms with Crippen LogP contribution in [0, 0.1) is 6.92 Å². The van der Waals surface area contributed by atoms with Gasteiger partial charge < -0.3 is 10.7 Å². The van der Waals surface area contributed by atoms with E-state index >= 15 is 0 Å². The van der Waals surface area contributed by atoms with E-state index < -0.39 is 11.5 Å². The van der Waals surface area contributed by atoms with Gasteiger partial charge in [0.25, 0.3) is 11.5 Å². The number of aromatic nitrogens is 3. The lowest BCUT2D eigenvalue weighted by Gasteiger charge is -2.04. The van der Waals surface area contributed by atoms with Gasteiger partial charge in [0, 0.05) is 22.8 Å². The summed E-state index contributed by atoms with van der Waals surface area (Å²) in [6, 6.07) is 7.08. The molecule has 0 fully saturated rings. The first-order valence-electron chi connectivity index (χ1n) is 6.47. The number of primary amides is 1. The van der Waals surface area contributed by atoms with Gasteiger partial charge in [-0.2, -0.15) is 0 Å². The lowest BCUT2D eigenvalue weighted by molar-refractivity contribution is 0.0999. The van der Waals surface area contributed by atoms with Crippen LogP contribution in [-0.2, 0) is 0 Å². The average molecular weight is 312 g/mol. The van der Waals surface area contributed by atoms with Crippen LogP contribution in [0.2, 0.25) is 0 Å². The molecule has 3 N–H and O–H groups in total. The SMILES string of the molecule is Cc1[nH]c(=O)c(C(N)=O)cc1-c1csc(-c2ccccn2)n1. The molecule has 3 heterocycles. The molecule has 0 atom stereocenters. The lowest BCUT2D eigenvalue weighted by atomic mass is 10.1.